The van der Waals surface area contributed by atoms with E-state index in [4.69, 9.17) is 9.47 Å². The lowest BCUT2D eigenvalue weighted by Gasteiger charge is -2.54. The van der Waals surface area contributed by atoms with E-state index in [9.17, 15) is 4.79 Å². The average molecular weight is 281 g/mol. The van der Waals surface area contributed by atoms with Crippen LogP contribution in [0, 0.1) is 11.8 Å². The number of carbonyl (C=O) groups is 1. The number of amides is 1. The zero-order valence-electron chi connectivity index (χ0n) is 12.6. The van der Waals surface area contributed by atoms with Gasteiger partial charge in [0.25, 0.3) is 0 Å². The summed E-state index contributed by atoms with van der Waals surface area (Å²) in [5, 5.41) is 0. The molecule has 0 aromatic rings. The molecule has 0 unspecified atom stereocenters. The predicted octanol–water partition coefficient (Wildman–Crippen LogP) is 2.22. The summed E-state index contributed by atoms with van der Waals surface area (Å²) >= 11 is 0. The summed E-state index contributed by atoms with van der Waals surface area (Å²) in [6.45, 7) is 6.21. The largest absolute Gasteiger partial charge is 0.382 e. The first kappa shape index (κ1) is 14.3. The molecule has 2 aliphatic heterocycles. The van der Waals surface area contributed by atoms with Gasteiger partial charge >= 0.3 is 0 Å². The molecule has 2 heterocycles. The van der Waals surface area contributed by atoms with Crippen molar-refractivity contribution in [3.63, 3.8) is 0 Å². The molecule has 0 aromatic carbocycles. The Hall–Kier alpha value is -0.610. The normalized spacial score (nSPS) is 29.1. The van der Waals surface area contributed by atoms with Gasteiger partial charge in [0.2, 0.25) is 5.91 Å². The van der Waals surface area contributed by atoms with Gasteiger partial charge in [0.05, 0.1) is 13.1 Å². The van der Waals surface area contributed by atoms with Crippen molar-refractivity contribution < 1.29 is 14.3 Å². The molecule has 2 saturated heterocycles. The van der Waals surface area contributed by atoms with E-state index < -0.39 is 0 Å². The average Bonchev–Trinajstić information content (AvgIpc) is 2.34. The molecule has 1 atom stereocenters. The molecule has 20 heavy (non-hydrogen) atoms. The fraction of sp³-hybridized carbons (Fsp3) is 0.938. The van der Waals surface area contributed by atoms with Gasteiger partial charge < -0.3 is 14.4 Å². The number of ether oxygens (including phenoxy) is 2. The van der Waals surface area contributed by atoms with Crippen LogP contribution in [0.25, 0.3) is 0 Å². The summed E-state index contributed by atoms with van der Waals surface area (Å²) < 4.78 is 11.5. The molecule has 1 aliphatic carbocycles. The van der Waals surface area contributed by atoms with Crippen molar-refractivity contribution in [3.05, 3.63) is 0 Å². The van der Waals surface area contributed by atoms with E-state index in [1.807, 2.05) is 11.8 Å². The highest BCUT2D eigenvalue weighted by atomic mass is 16.5. The Morgan fingerprint density at radius 3 is 2.80 bits per heavy atom. The maximum absolute atomic E-state index is 12.2. The molecule has 4 heteroatoms. The van der Waals surface area contributed by atoms with Crippen molar-refractivity contribution in [1.82, 2.24) is 4.90 Å². The molecule has 3 fully saturated rings. The minimum absolute atomic E-state index is 0.0193. The molecular formula is C16H27NO3. The summed E-state index contributed by atoms with van der Waals surface area (Å²) in [4.78, 5) is 14.2. The van der Waals surface area contributed by atoms with Crippen LogP contribution >= 0.6 is 0 Å². The maximum Gasteiger partial charge on any atom is 0.225 e. The third-order valence-corrected chi connectivity index (χ3v) is 5.19. The lowest BCUT2D eigenvalue weighted by molar-refractivity contribution is -0.193. The summed E-state index contributed by atoms with van der Waals surface area (Å²) in [5.74, 6) is 1.41. The molecular weight excluding hydrogens is 254 g/mol. The van der Waals surface area contributed by atoms with Gasteiger partial charge in [0, 0.05) is 25.7 Å². The van der Waals surface area contributed by atoms with Gasteiger partial charge in [-0.05, 0) is 44.9 Å². The Morgan fingerprint density at radius 2 is 2.15 bits per heavy atom. The first-order valence-electron chi connectivity index (χ1n) is 8.23. The summed E-state index contributed by atoms with van der Waals surface area (Å²) in [6, 6.07) is 0. The highest BCUT2D eigenvalue weighted by Gasteiger charge is 2.50. The van der Waals surface area contributed by atoms with Crippen LogP contribution in [0.15, 0.2) is 0 Å². The second-order valence-electron chi connectivity index (χ2n) is 6.70. The van der Waals surface area contributed by atoms with Crippen molar-refractivity contribution in [2.45, 2.75) is 51.0 Å². The highest BCUT2D eigenvalue weighted by Crippen LogP contribution is 2.40. The van der Waals surface area contributed by atoms with Gasteiger partial charge in [-0.1, -0.05) is 6.42 Å². The molecule has 3 rings (SSSR count). The lowest BCUT2D eigenvalue weighted by Crippen LogP contribution is -2.67. The minimum atomic E-state index is -0.0193. The zero-order valence-corrected chi connectivity index (χ0v) is 12.6. The number of rotatable bonds is 5. The predicted molar refractivity (Wildman–Crippen MR) is 76.4 cm³/mol. The Bertz CT molecular complexity index is 348. The molecule has 3 aliphatic rings. The first-order valence-corrected chi connectivity index (χ1v) is 8.23. The Balaban J connectivity index is 1.44. The molecule has 1 saturated carbocycles. The van der Waals surface area contributed by atoms with E-state index in [1.54, 1.807) is 0 Å². The quantitative estimate of drug-likeness (QED) is 0.725. The van der Waals surface area contributed by atoms with Gasteiger partial charge in [-0.25, -0.2) is 0 Å². The Morgan fingerprint density at radius 1 is 1.35 bits per heavy atom. The van der Waals surface area contributed by atoms with Crippen molar-refractivity contribution >= 4 is 5.91 Å². The maximum atomic E-state index is 12.2. The third kappa shape index (κ3) is 2.86. The van der Waals surface area contributed by atoms with Crippen molar-refractivity contribution in [1.29, 1.82) is 0 Å². The minimum Gasteiger partial charge on any atom is -0.382 e. The highest BCUT2D eigenvalue weighted by molar-refractivity contribution is 5.80. The summed E-state index contributed by atoms with van der Waals surface area (Å²) in [7, 11) is 0. The number of carbonyl (C=O) groups excluding carboxylic acids is 1. The van der Waals surface area contributed by atoms with Crippen molar-refractivity contribution in [2.24, 2.45) is 11.8 Å². The second-order valence-corrected chi connectivity index (χ2v) is 6.70. The van der Waals surface area contributed by atoms with E-state index in [0.29, 0.717) is 17.7 Å². The monoisotopic (exact) mass is 281 g/mol. The van der Waals surface area contributed by atoms with Crippen LogP contribution in [-0.2, 0) is 14.3 Å². The Labute approximate surface area is 121 Å². The van der Waals surface area contributed by atoms with E-state index in [0.717, 1.165) is 65.0 Å². The van der Waals surface area contributed by atoms with Gasteiger partial charge in [-0.15, -0.1) is 0 Å². The number of nitrogens with zero attached hydrogens (tertiary/aromatic N) is 1. The van der Waals surface area contributed by atoms with Crippen LogP contribution < -0.4 is 0 Å². The van der Waals surface area contributed by atoms with E-state index in [-0.39, 0.29) is 5.60 Å². The smallest absolute Gasteiger partial charge is 0.225 e. The van der Waals surface area contributed by atoms with Crippen LogP contribution in [0.2, 0.25) is 0 Å². The Kier molecular flexibility index (Phi) is 4.32. The van der Waals surface area contributed by atoms with Crippen LogP contribution in [0.1, 0.15) is 45.4 Å². The molecule has 4 nitrogen and oxygen atoms in total. The van der Waals surface area contributed by atoms with Crippen LogP contribution in [0.4, 0.5) is 0 Å². The molecule has 0 N–H and O–H groups in total. The molecule has 1 amide bonds. The summed E-state index contributed by atoms with van der Waals surface area (Å²) in [6.07, 6.45) is 6.81. The van der Waals surface area contributed by atoms with Gasteiger partial charge in [-0.2, -0.15) is 0 Å². The van der Waals surface area contributed by atoms with E-state index >= 15 is 0 Å². The molecule has 114 valence electrons. The van der Waals surface area contributed by atoms with Crippen molar-refractivity contribution in [3.8, 4) is 0 Å². The SMILES string of the molecule is CCOCC[C@@H]1CCOC2(C1)CN(C(=O)C1CCC1)C2. The van der Waals surface area contributed by atoms with Crippen LogP contribution in [-0.4, -0.2) is 49.3 Å². The van der Waals surface area contributed by atoms with E-state index in [2.05, 4.69) is 0 Å². The molecule has 1 spiro atoms. The number of hydrogen-bond acceptors (Lipinski definition) is 3. The topological polar surface area (TPSA) is 38.8 Å². The number of hydrogen-bond donors (Lipinski definition) is 0. The van der Waals surface area contributed by atoms with E-state index in [1.165, 1.54) is 6.42 Å². The van der Waals surface area contributed by atoms with Gasteiger partial charge in [0.1, 0.15) is 5.60 Å². The molecule has 0 aromatic heterocycles. The number of likely N-dealkylation sites (tertiary alicyclic amines) is 1. The van der Waals surface area contributed by atoms with Gasteiger partial charge in [0.15, 0.2) is 0 Å². The fourth-order valence-corrected chi connectivity index (χ4v) is 3.71. The van der Waals surface area contributed by atoms with Crippen LogP contribution in [0.5, 0.6) is 0 Å². The first-order chi connectivity index (χ1) is 9.72. The van der Waals surface area contributed by atoms with Gasteiger partial charge in [-0.3, -0.25) is 4.79 Å². The molecule has 0 radical (unpaired) electrons. The summed E-state index contributed by atoms with van der Waals surface area (Å²) in [5.41, 5.74) is -0.0193. The van der Waals surface area contributed by atoms with Crippen molar-refractivity contribution in [2.75, 3.05) is 32.9 Å². The lowest BCUT2D eigenvalue weighted by atomic mass is 9.77. The third-order valence-electron chi connectivity index (χ3n) is 5.19. The van der Waals surface area contributed by atoms with Crippen LogP contribution in [0.3, 0.4) is 0 Å². The molecule has 0 bridgehead atoms. The zero-order chi connectivity index (χ0) is 14.0. The standard InChI is InChI=1S/C16H27NO3/c1-2-19-8-6-13-7-9-20-16(10-13)11-17(12-16)15(18)14-4-3-5-14/h13-14H,2-12H2,1H3/t13-/m1/s1. The second kappa shape index (κ2) is 6.02. The fourth-order valence-electron chi connectivity index (χ4n) is 3.71.